The predicted octanol–water partition coefficient (Wildman–Crippen LogP) is 5.32. The summed E-state index contributed by atoms with van der Waals surface area (Å²) in [7, 11) is 0. The topological polar surface area (TPSA) is 32.9 Å². The SMILES string of the molecule is Cc1cc(C)cc(C(=O)c2c[nH]c3cc(Cl)cc(Cl)c23)c1. The van der Waals surface area contributed by atoms with E-state index in [-0.39, 0.29) is 5.78 Å². The van der Waals surface area contributed by atoms with Crippen LogP contribution < -0.4 is 0 Å². The first-order valence-electron chi connectivity index (χ1n) is 6.55. The lowest BCUT2D eigenvalue weighted by Crippen LogP contribution is -2.01. The minimum Gasteiger partial charge on any atom is -0.360 e. The number of benzene rings is 2. The molecule has 0 saturated heterocycles. The van der Waals surface area contributed by atoms with Crippen molar-refractivity contribution >= 4 is 39.9 Å². The van der Waals surface area contributed by atoms with Crippen LogP contribution in [0.15, 0.2) is 36.5 Å². The fraction of sp³-hybridized carbons (Fsp3) is 0.118. The van der Waals surface area contributed by atoms with Crippen LogP contribution >= 0.6 is 23.2 Å². The summed E-state index contributed by atoms with van der Waals surface area (Å²) >= 11 is 12.2. The van der Waals surface area contributed by atoms with Crippen LogP contribution in [0.2, 0.25) is 10.0 Å². The van der Waals surface area contributed by atoms with Crippen LogP contribution in [0, 0.1) is 13.8 Å². The molecule has 1 heterocycles. The van der Waals surface area contributed by atoms with Gasteiger partial charge in [-0.1, -0.05) is 40.4 Å². The molecule has 1 aromatic heterocycles. The number of ketones is 1. The highest BCUT2D eigenvalue weighted by atomic mass is 35.5. The second kappa shape index (κ2) is 5.21. The second-order valence-electron chi connectivity index (χ2n) is 5.22. The Bertz CT molecular complexity index is 844. The van der Waals surface area contributed by atoms with Gasteiger partial charge in [0, 0.05) is 33.2 Å². The zero-order valence-corrected chi connectivity index (χ0v) is 13.1. The number of aromatic nitrogens is 1. The third kappa shape index (κ3) is 2.57. The number of carbonyl (C=O) groups excluding carboxylic acids is 1. The van der Waals surface area contributed by atoms with Crippen molar-refractivity contribution in [2.45, 2.75) is 13.8 Å². The van der Waals surface area contributed by atoms with Gasteiger partial charge in [-0.2, -0.15) is 0 Å². The average Bonchev–Trinajstić information content (AvgIpc) is 2.80. The van der Waals surface area contributed by atoms with Crippen LogP contribution in [0.25, 0.3) is 10.9 Å². The van der Waals surface area contributed by atoms with Crippen molar-refractivity contribution in [2.24, 2.45) is 0 Å². The lowest BCUT2D eigenvalue weighted by molar-refractivity contribution is 0.104. The van der Waals surface area contributed by atoms with E-state index in [1.807, 2.05) is 32.0 Å². The molecule has 0 aliphatic rings. The molecule has 2 aromatic carbocycles. The third-order valence-electron chi connectivity index (χ3n) is 3.42. The highest BCUT2D eigenvalue weighted by molar-refractivity contribution is 6.40. The molecule has 0 amide bonds. The second-order valence-corrected chi connectivity index (χ2v) is 6.06. The Kier molecular flexibility index (Phi) is 3.52. The van der Waals surface area contributed by atoms with Crippen LogP contribution in [-0.4, -0.2) is 10.8 Å². The van der Waals surface area contributed by atoms with Crippen LogP contribution in [-0.2, 0) is 0 Å². The Morgan fingerprint density at radius 1 is 1.00 bits per heavy atom. The number of halogens is 2. The molecular formula is C17H13Cl2NO. The van der Waals surface area contributed by atoms with E-state index < -0.39 is 0 Å². The number of aryl methyl sites for hydroxylation is 2. The molecule has 0 bridgehead atoms. The molecule has 2 nitrogen and oxygen atoms in total. The van der Waals surface area contributed by atoms with E-state index in [0.717, 1.165) is 16.6 Å². The first-order valence-corrected chi connectivity index (χ1v) is 7.30. The largest absolute Gasteiger partial charge is 0.360 e. The van der Waals surface area contributed by atoms with Gasteiger partial charge in [0.05, 0.1) is 5.02 Å². The van der Waals surface area contributed by atoms with E-state index in [1.54, 1.807) is 18.3 Å². The maximum atomic E-state index is 12.8. The molecule has 3 rings (SSSR count). The quantitative estimate of drug-likeness (QED) is 0.637. The van der Waals surface area contributed by atoms with Crippen molar-refractivity contribution < 1.29 is 4.79 Å². The zero-order chi connectivity index (χ0) is 15.1. The Morgan fingerprint density at radius 3 is 2.33 bits per heavy atom. The van der Waals surface area contributed by atoms with E-state index in [4.69, 9.17) is 23.2 Å². The van der Waals surface area contributed by atoms with Gasteiger partial charge in [0.25, 0.3) is 0 Å². The number of carbonyl (C=O) groups is 1. The summed E-state index contributed by atoms with van der Waals surface area (Å²) in [5.41, 5.74) is 4.12. The summed E-state index contributed by atoms with van der Waals surface area (Å²) in [6.07, 6.45) is 1.69. The number of hydrogen-bond donors (Lipinski definition) is 1. The summed E-state index contributed by atoms with van der Waals surface area (Å²) in [5, 5.41) is 1.73. The van der Waals surface area contributed by atoms with E-state index in [9.17, 15) is 4.79 Å². The van der Waals surface area contributed by atoms with Gasteiger partial charge in [-0.15, -0.1) is 0 Å². The van der Waals surface area contributed by atoms with Crippen molar-refractivity contribution in [3.8, 4) is 0 Å². The smallest absolute Gasteiger partial charge is 0.195 e. The Hall–Kier alpha value is -1.77. The number of hydrogen-bond acceptors (Lipinski definition) is 1. The maximum absolute atomic E-state index is 12.8. The molecule has 1 N–H and O–H groups in total. The monoisotopic (exact) mass is 317 g/mol. The van der Waals surface area contributed by atoms with Crippen molar-refractivity contribution in [1.82, 2.24) is 4.98 Å². The fourth-order valence-electron chi connectivity index (χ4n) is 2.62. The minimum atomic E-state index is -0.0442. The van der Waals surface area contributed by atoms with Crippen LogP contribution in [0.1, 0.15) is 27.0 Å². The van der Waals surface area contributed by atoms with Gasteiger partial charge in [-0.3, -0.25) is 4.79 Å². The first-order chi connectivity index (χ1) is 9.95. The molecule has 21 heavy (non-hydrogen) atoms. The van der Waals surface area contributed by atoms with Crippen LogP contribution in [0.5, 0.6) is 0 Å². The molecule has 106 valence electrons. The summed E-state index contributed by atoms with van der Waals surface area (Å²) in [6.45, 7) is 3.96. The summed E-state index contributed by atoms with van der Waals surface area (Å²) in [5.74, 6) is -0.0442. The van der Waals surface area contributed by atoms with Gasteiger partial charge in [0.15, 0.2) is 5.78 Å². The van der Waals surface area contributed by atoms with Crippen molar-refractivity contribution in [3.05, 3.63) is 68.8 Å². The highest BCUT2D eigenvalue weighted by Crippen LogP contribution is 2.31. The van der Waals surface area contributed by atoms with Gasteiger partial charge < -0.3 is 4.98 Å². The number of fused-ring (bicyclic) bond motifs is 1. The predicted molar refractivity (Wildman–Crippen MR) is 87.7 cm³/mol. The third-order valence-corrected chi connectivity index (χ3v) is 3.94. The van der Waals surface area contributed by atoms with Gasteiger partial charge in [-0.25, -0.2) is 0 Å². The zero-order valence-electron chi connectivity index (χ0n) is 11.6. The highest BCUT2D eigenvalue weighted by Gasteiger charge is 2.17. The molecule has 0 spiro atoms. The number of H-pyrrole nitrogens is 1. The van der Waals surface area contributed by atoms with Gasteiger partial charge in [-0.05, 0) is 38.1 Å². The molecule has 4 heteroatoms. The van der Waals surface area contributed by atoms with Crippen molar-refractivity contribution in [2.75, 3.05) is 0 Å². The summed E-state index contributed by atoms with van der Waals surface area (Å²) < 4.78 is 0. The van der Waals surface area contributed by atoms with Crippen molar-refractivity contribution in [3.63, 3.8) is 0 Å². The van der Waals surface area contributed by atoms with E-state index in [2.05, 4.69) is 4.98 Å². The maximum Gasteiger partial charge on any atom is 0.195 e. The normalized spacial score (nSPS) is 11.0. The molecule has 0 aliphatic heterocycles. The van der Waals surface area contributed by atoms with Gasteiger partial charge in [0.1, 0.15) is 0 Å². The van der Waals surface area contributed by atoms with Crippen LogP contribution in [0.3, 0.4) is 0 Å². The van der Waals surface area contributed by atoms with Gasteiger partial charge in [0.2, 0.25) is 0 Å². The molecule has 0 aliphatic carbocycles. The molecule has 0 atom stereocenters. The molecular weight excluding hydrogens is 305 g/mol. The molecule has 0 unspecified atom stereocenters. The lowest BCUT2D eigenvalue weighted by Gasteiger charge is -2.05. The van der Waals surface area contributed by atoms with E-state index in [0.29, 0.717) is 26.6 Å². The fourth-order valence-corrected chi connectivity index (χ4v) is 3.22. The summed E-state index contributed by atoms with van der Waals surface area (Å²) in [6, 6.07) is 9.23. The standard InChI is InChI=1S/C17H13Cl2NO/c1-9-3-10(2)5-11(4-9)17(21)13-8-20-15-7-12(18)6-14(19)16(13)15/h3-8,20H,1-2H3. The van der Waals surface area contributed by atoms with E-state index in [1.165, 1.54) is 0 Å². The number of aromatic amines is 1. The van der Waals surface area contributed by atoms with Gasteiger partial charge >= 0.3 is 0 Å². The Balaban J connectivity index is 2.18. The number of rotatable bonds is 2. The van der Waals surface area contributed by atoms with Crippen molar-refractivity contribution in [1.29, 1.82) is 0 Å². The lowest BCUT2D eigenvalue weighted by atomic mass is 9.99. The Labute approximate surface area is 132 Å². The summed E-state index contributed by atoms with van der Waals surface area (Å²) in [4.78, 5) is 15.8. The number of nitrogens with one attached hydrogen (secondary N) is 1. The Morgan fingerprint density at radius 2 is 1.67 bits per heavy atom. The average molecular weight is 318 g/mol. The molecule has 0 radical (unpaired) electrons. The molecule has 0 fully saturated rings. The molecule has 0 saturated carbocycles. The molecule has 3 aromatic rings. The first kappa shape index (κ1) is 14.2. The van der Waals surface area contributed by atoms with Crippen LogP contribution in [0.4, 0.5) is 0 Å². The van der Waals surface area contributed by atoms with E-state index >= 15 is 0 Å². The minimum absolute atomic E-state index is 0.0442.